The van der Waals surface area contributed by atoms with Crippen molar-refractivity contribution in [2.45, 2.75) is 18.9 Å². The van der Waals surface area contributed by atoms with Crippen molar-refractivity contribution >= 4 is 63.0 Å². The normalized spacial score (nSPS) is 14.3. The molecule has 9 nitrogen and oxygen atoms in total. The van der Waals surface area contributed by atoms with Crippen LogP contribution in [0.15, 0.2) is 53.9 Å². The molecule has 0 bridgehead atoms. The summed E-state index contributed by atoms with van der Waals surface area (Å²) in [7, 11) is -0.946. The summed E-state index contributed by atoms with van der Waals surface area (Å²) in [5.41, 5.74) is 2.70. The number of nitrogens with zero attached hydrogens (tertiary/aromatic N) is 2. The van der Waals surface area contributed by atoms with Crippen molar-refractivity contribution in [1.82, 2.24) is 20.6 Å². The smallest absolute Gasteiger partial charge is 0.251 e. The monoisotopic (exact) mass is 550 g/mol. The number of para-hydroxylation sites is 1. The van der Waals surface area contributed by atoms with Crippen LogP contribution in [-0.2, 0) is 4.57 Å². The quantitative estimate of drug-likeness (QED) is 0.229. The third kappa shape index (κ3) is 5.83. The van der Waals surface area contributed by atoms with Crippen molar-refractivity contribution in [1.29, 1.82) is 0 Å². The first-order valence-electron chi connectivity index (χ1n) is 12.5. The fourth-order valence-electron chi connectivity index (χ4n) is 4.47. The topological polar surface area (TPSA) is 117 Å². The van der Waals surface area contributed by atoms with Crippen molar-refractivity contribution in [2.75, 3.05) is 44.2 Å². The first-order chi connectivity index (χ1) is 18.3. The fourth-order valence-corrected chi connectivity index (χ4v) is 6.40. The number of carbonyl (C=O) groups excluding carboxylic acids is 1. The second-order valence-electron chi connectivity index (χ2n) is 9.56. The maximum Gasteiger partial charge on any atom is 0.251 e. The van der Waals surface area contributed by atoms with E-state index in [9.17, 15) is 9.36 Å². The Morgan fingerprint density at radius 2 is 1.84 bits per heavy atom. The Balaban J connectivity index is 1.41. The summed E-state index contributed by atoms with van der Waals surface area (Å²) in [4.78, 5) is 22.2. The van der Waals surface area contributed by atoms with E-state index in [1.54, 1.807) is 38.6 Å². The number of fused-ring (bicyclic) bond motifs is 1. The van der Waals surface area contributed by atoms with Crippen LogP contribution in [0.4, 0.5) is 23.1 Å². The van der Waals surface area contributed by atoms with Gasteiger partial charge in [0.15, 0.2) is 5.82 Å². The lowest BCUT2D eigenvalue weighted by Crippen LogP contribution is -2.42. The Morgan fingerprint density at radius 1 is 1.05 bits per heavy atom. The Morgan fingerprint density at radius 3 is 2.61 bits per heavy atom. The van der Waals surface area contributed by atoms with E-state index in [-0.39, 0.29) is 11.9 Å². The van der Waals surface area contributed by atoms with E-state index >= 15 is 0 Å². The van der Waals surface area contributed by atoms with Crippen molar-refractivity contribution in [2.24, 2.45) is 0 Å². The summed E-state index contributed by atoms with van der Waals surface area (Å²) in [5, 5.41) is 15.8. The number of rotatable bonds is 8. The summed E-state index contributed by atoms with van der Waals surface area (Å²) in [6.45, 7) is 5.32. The lowest BCUT2D eigenvalue weighted by atomic mass is 10.1. The number of anilines is 4. The zero-order valence-electron chi connectivity index (χ0n) is 21.6. The largest absolute Gasteiger partial charge is 0.495 e. The zero-order valence-corrected chi connectivity index (χ0v) is 23.3. The highest BCUT2D eigenvalue weighted by Gasteiger charge is 2.20. The van der Waals surface area contributed by atoms with Gasteiger partial charge in [-0.15, -0.1) is 11.3 Å². The molecule has 11 heteroatoms. The summed E-state index contributed by atoms with van der Waals surface area (Å²) in [5.74, 6) is 1.38. The number of nitrogens with one attached hydrogen (secondary N) is 4. The Bertz CT molecular complexity index is 1510. The number of amides is 1. The minimum Gasteiger partial charge on any atom is -0.495 e. The number of piperidine rings is 1. The van der Waals surface area contributed by atoms with E-state index in [0.717, 1.165) is 47.1 Å². The Labute approximate surface area is 225 Å². The van der Waals surface area contributed by atoms with Crippen molar-refractivity contribution in [3.05, 3.63) is 59.5 Å². The van der Waals surface area contributed by atoms with Crippen LogP contribution in [0.3, 0.4) is 0 Å². The number of benzene rings is 2. The second-order valence-corrected chi connectivity index (χ2v) is 13.7. The molecule has 0 aliphatic carbocycles. The van der Waals surface area contributed by atoms with E-state index in [1.165, 1.54) is 11.3 Å². The van der Waals surface area contributed by atoms with Crippen LogP contribution in [0.2, 0.25) is 0 Å². The molecule has 1 amide bonds. The van der Waals surface area contributed by atoms with E-state index in [0.29, 0.717) is 28.8 Å². The molecule has 0 unspecified atom stereocenters. The van der Waals surface area contributed by atoms with Crippen LogP contribution in [0.5, 0.6) is 5.75 Å². The number of methoxy groups -OCH3 is 1. The van der Waals surface area contributed by atoms with Gasteiger partial charge in [-0.05, 0) is 81.0 Å². The Kier molecular flexibility index (Phi) is 7.65. The van der Waals surface area contributed by atoms with Gasteiger partial charge in [0.05, 0.1) is 28.7 Å². The SMILES string of the molecule is COc1cc(C(=O)NC2CCNCC2)ccc1Nc1nc(Nc2ccccc2P(C)(C)=O)c2sccc2n1. The molecule has 0 spiro atoms. The number of hydrogen-bond acceptors (Lipinski definition) is 9. The van der Waals surface area contributed by atoms with Gasteiger partial charge < -0.3 is 30.6 Å². The molecule has 4 aromatic rings. The minimum atomic E-state index is -2.51. The summed E-state index contributed by atoms with van der Waals surface area (Å²) in [6, 6.07) is 14.9. The molecule has 2 aromatic carbocycles. The zero-order chi connectivity index (χ0) is 26.7. The van der Waals surface area contributed by atoms with Gasteiger partial charge in [0.1, 0.15) is 12.9 Å². The predicted octanol–water partition coefficient (Wildman–Crippen LogP) is 4.92. The van der Waals surface area contributed by atoms with Gasteiger partial charge in [-0.2, -0.15) is 4.98 Å². The summed E-state index contributed by atoms with van der Waals surface area (Å²) in [6.07, 6.45) is 1.83. The third-order valence-corrected chi connectivity index (χ3v) is 8.89. The van der Waals surface area contributed by atoms with Gasteiger partial charge in [-0.1, -0.05) is 12.1 Å². The van der Waals surface area contributed by atoms with Crippen LogP contribution in [0.25, 0.3) is 10.2 Å². The number of aromatic nitrogens is 2. The molecule has 4 N–H and O–H groups in total. The molecule has 0 saturated carbocycles. The molecular formula is C27H31N6O3PS. The van der Waals surface area contributed by atoms with E-state index in [1.807, 2.05) is 35.7 Å². The van der Waals surface area contributed by atoms with Crippen LogP contribution in [0.1, 0.15) is 23.2 Å². The molecule has 1 fully saturated rings. The number of thiophene rings is 1. The lowest BCUT2D eigenvalue weighted by Gasteiger charge is -2.23. The van der Waals surface area contributed by atoms with Crippen molar-refractivity contribution < 1.29 is 14.1 Å². The standard InChI is InChI=1S/C27H31N6O3PS/c1-36-22-16-17(26(34)29-18-10-13-28-14-11-18)8-9-19(22)31-27-32-21-12-15-38-24(21)25(33-27)30-20-6-4-5-7-23(20)37(2,3)35/h4-9,12,15-16,18,28H,10-11,13-14H2,1-3H3,(H,29,34)(H2,30,31,32,33). The maximum atomic E-state index is 12.9. The first kappa shape index (κ1) is 26.2. The summed E-state index contributed by atoms with van der Waals surface area (Å²) < 4.78 is 19.4. The fraction of sp³-hybridized carbons (Fsp3) is 0.296. The number of ether oxygens (including phenoxy) is 1. The Hall–Kier alpha value is -3.46. The minimum absolute atomic E-state index is 0.119. The van der Waals surface area contributed by atoms with E-state index < -0.39 is 7.14 Å². The predicted molar refractivity (Wildman–Crippen MR) is 156 cm³/mol. The molecule has 0 atom stereocenters. The molecule has 3 heterocycles. The highest BCUT2D eigenvalue weighted by molar-refractivity contribution is 7.70. The molecular weight excluding hydrogens is 519 g/mol. The molecule has 2 aromatic heterocycles. The molecule has 5 rings (SSSR count). The van der Waals surface area contributed by atoms with Gasteiger partial charge in [-0.25, -0.2) is 4.98 Å². The van der Waals surface area contributed by atoms with Gasteiger partial charge in [-0.3, -0.25) is 4.79 Å². The molecule has 1 aliphatic heterocycles. The van der Waals surface area contributed by atoms with Gasteiger partial charge in [0.25, 0.3) is 5.91 Å². The van der Waals surface area contributed by atoms with Gasteiger partial charge >= 0.3 is 0 Å². The maximum absolute atomic E-state index is 12.9. The van der Waals surface area contributed by atoms with E-state index in [4.69, 9.17) is 9.72 Å². The molecule has 1 saturated heterocycles. The molecule has 0 radical (unpaired) electrons. The number of carbonyl (C=O) groups is 1. The molecule has 1 aliphatic rings. The van der Waals surface area contributed by atoms with Crippen LogP contribution >= 0.6 is 18.5 Å². The van der Waals surface area contributed by atoms with Crippen LogP contribution in [-0.4, -0.2) is 55.4 Å². The van der Waals surface area contributed by atoms with Crippen molar-refractivity contribution in [3.8, 4) is 5.75 Å². The number of hydrogen-bond donors (Lipinski definition) is 4. The van der Waals surface area contributed by atoms with E-state index in [2.05, 4.69) is 26.3 Å². The third-order valence-electron chi connectivity index (χ3n) is 6.43. The van der Waals surface area contributed by atoms with Crippen molar-refractivity contribution in [3.63, 3.8) is 0 Å². The summed E-state index contributed by atoms with van der Waals surface area (Å²) >= 11 is 1.53. The average Bonchev–Trinajstić information content (AvgIpc) is 3.38. The average molecular weight is 551 g/mol. The van der Waals surface area contributed by atoms with Gasteiger partial charge in [0, 0.05) is 16.9 Å². The highest BCUT2D eigenvalue weighted by Crippen LogP contribution is 2.39. The highest BCUT2D eigenvalue weighted by atomic mass is 32.1. The second kappa shape index (κ2) is 11.1. The van der Waals surface area contributed by atoms with Gasteiger partial charge in [0.2, 0.25) is 5.95 Å². The van der Waals surface area contributed by atoms with Crippen LogP contribution < -0.4 is 31.3 Å². The van der Waals surface area contributed by atoms with Crippen LogP contribution in [0, 0.1) is 0 Å². The molecule has 198 valence electrons. The first-order valence-corrected chi connectivity index (χ1v) is 15.9. The molecule has 38 heavy (non-hydrogen) atoms. The lowest BCUT2D eigenvalue weighted by molar-refractivity contribution is 0.0929.